The summed E-state index contributed by atoms with van der Waals surface area (Å²) in [6, 6.07) is 12.2. The number of amides is 1. The Labute approximate surface area is 150 Å². The molecule has 0 heterocycles. The number of nitrogens with one attached hydrogen (secondary N) is 2. The number of benzene rings is 2. The van der Waals surface area contributed by atoms with Crippen molar-refractivity contribution in [3.05, 3.63) is 68.7 Å². The van der Waals surface area contributed by atoms with Gasteiger partial charge in [0.25, 0.3) is 11.6 Å². The van der Waals surface area contributed by atoms with Crippen LogP contribution in [0.2, 0.25) is 5.02 Å². The molecular formula is C18H18ClN3O3. The molecule has 0 aliphatic heterocycles. The van der Waals surface area contributed by atoms with Gasteiger partial charge in [0.2, 0.25) is 0 Å². The lowest BCUT2D eigenvalue weighted by Gasteiger charge is -2.09. The molecule has 1 fully saturated rings. The topological polar surface area (TPSA) is 84.3 Å². The van der Waals surface area contributed by atoms with Gasteiger partial charge in [-0.2, -0.15) is 0 Å². The summed E-state index contributed by atoms with van der Waals surface area (Å²) in [5.74, 6) is -0.324. The van der Waals surface area contributed by atoms with E-state index in [1.165, 1.54) is 6.07 Å². The zero-order chi connectivity index (χ0) is 17.8. The first-order valence-electron chi connectivity index (χ1n) is 8.10. The van der Waals surface area contributed by atoms with Crippen LogP contribution in [0.3, 0.4) is 0 Å². The molecule has 2 aromatic rings. The molecule has 7 heteroatoms. The number of hydrogen-bond acceptors (Lipinski definition) is 4. The van der Waals surface area contributed by atoms with Crippen LogP contribution < -0.4 is 10.6 Å². The molecule has 0 unspecified atom stereocenters. The van der Waals surface area contributed by atoms with Gasteiger partial charge in [0.1, 0.15) is 5.69 Å². The van der Waals surface area contributed by atoms with Crippen LogP contribution in [-0.4, -0.2) is 23.4 Å². The maximum atomic E-state index is 12.2. The number of nitrogens with zero attached hydrogens (tertiary/aromatic N) is 1. The van der Waals surface area contributed by atoms with Crippen LogP contribution in [-0.2, 0) is 6.42 Å². The first kappa shape index (κ1) is 17.2. The molecule has 1 amide bonds. The van der Waals surface area contributed by atoms with Crippen molar-refractivity contribution in [1.82, 2.24) is 5.32 Å². The molecule has 6 nitrogen and oxygen atoms in total. The van der Waals surface area contributed by atoms with Gasteiger partial charge >= 0.3 is 0 Å². The van der Waals surface area contributed by atoms with Crippen molar-refractivity contribution in [2.45, 2.75) is 25.3 Å². The number of halogens is 1. The van der Waals surface area contributed by atoms with Crippen LogP contribution in [0, 0.1) is 10.1 Å². The second-order valence-electron chi connectivity index (χ2n) is 6.04. The summed E-state index contributed by atoms with van der Waals surface area (Å²) in [6.45, 7) is 0.441. The molecule has 0 aromatic heterocycles. The molecule has 0 spiro atoms. The molecule has 0 bridgehead atoms. The summed E-state index contributed by atoms with van der Waals surface area (Å²) >= 11 is 5.83. The zero-order valence-electron chi connectivity index (χ0n) is 13.5. The van der Waals surface area contributed by atoms with E-state index in [9.17, 15) is 14.9 Å². The first-order chi connectivity index (χ1) is 12.0. The predicted octanol–water partition coefficient (Wildman–Crippen LogP) is 3.80. The van der Waals surface area contributed by atoms with Crippen molar-refractivity contribution >= 4 is 28.9 Å². The van der Waals surface area contributed by atoms with Crippen LogP contribution in [0.25, 0.3) is 0 Å². The smallest absolute Gasteiger partial charge is 0.293 e. The quantitative estimate of drug-likeness (QED) is 0.581. The number of anilines is 1. The average Bonchev–Trinajstić information content (AvgIpc) is 3.40. The van der Waals surface area contributed by atoms with Gasteiger partial charge in [-0.05, 0) is 49.1 Å². The number of nitro benzene ring substituents is 1. The highest BCUT2D eigenvalue weighted by Gasteiger charge is 2.25. The maximum Gasteiger partial charge on any atom is 0.293 e. The molecule has 2 aromatic carbocycles. The molecule has 3 rings (SSSR count). The normalized spacial score (nSPS) is 13.3. The second kappa shape index (κ2) is 7.53. The minimum atomic E-state index is -0.463. The van der Waals surface area contributed by atoms with Gasteiger partial charge in [-0.15, -0.1) is 0 Å². The number of rotatable bonds is 7. The van der Waals surface area contributed by atoms with Crippen molar-refractivity contribution in [2.75, 3.05) is 11.9 Å². The van der Waals surface area contributed by atoms with Gasteiger partial charge in [0.05, 0.1) is 4.92 Å². The van der Waals surface area contributed by atoms with E-state index in [-0.39, 0.29) is 17.2 Å². The highest BCUT2D eigenvalue weighted by atomic mass is 35.5. The highest BCUT2D eigenvalue weighted by Crippen LogP contribution is 2.31. The average molecular weight is 360 g/mol. The first-order valence-corrected chi connectivity index (χ1v) is 8.48. The monoisotopic (exact) mass is 359 g/mol. The highest BCUT2D eigenvalue weighted by molar-refractivity contribution is 6.30. The fourth-order valence-corrected chi connectivity index (χ4v) is 2.59. The Bertz CT molecular complexity index is 789. The van der Waals surface area contributed by atoms with Crippen molar-refractivity contribution in [1.29, 1.82) is 0 Å². The lowest BCUT2D eigenvalue weighted by Crippen LogP contribution is -2.25. The standard InChI is InChI=1S/C18H18ClN3O3/c19-14-4-1-12(2-5-14)9-10-20-18(23)13-3-8-16(21-15-6-7-15)17(11-13)22(24)25/h1-5,8,11,15,21H,6-7,9-10H2,(H,20,23). The predicted molar refractivity (Wildman–Crippen MR) is 97.2 cm³/mol. The summed E-state index contributed by atoms with van der Waals surface area (Å²) in [5, 5.41) is 17.8. The Kier molecular flexibility index (Phi) is 5.19. The molecule has 1 saturated carbocycles. The Balaban J connectivity index is 1.61. The van der Waals surface area contributed by atoms with Crippen LogP contribution in [0.15, 0.2) is 42.5 Å². The molecule has 130 valence electrons. The van der Waals surface area contributed by atoms with Gasteiger partial charge in [0.15, 0.2) is 0 Å². The number of carbonyl (C=O) groups is 1. The largest absolute Gasteiger partial charge is 0.377 e. The van der Waals surface area contributed by atoms with Crippen LogP contribution >= 0.6 is 11.6 Å². The molecule has 2 N–H and O–H groups in total. The lowest BCUT2D eigenvalue weighted by atomic mass is 10.1. The van der Waals surface area contributed by atoms with Crippen molar-refractivity contribution in [3.8, 4) is 0 Å². The van der Waals surface area contributed by atoms with Crippen LogP contribution in [0.1, 0.15) is 28.8 Å². The molecule has 1 aliphatic carbocycles. The van der Waals surface area contributed by atoms with Crippen molar-refractivity contribution < 1.29 is 9.72 Å². The minimum Gasteiger partial charge on any atom is -0.377 e. The molecule has 0 radical (unpaired) electrons. The molecule has 25 heavy (non-hydrogen) atoms. The van der Waals surface area contributed by atoms with E-state index < -0.39 is 4.92 Å². The van der Waals surface area contributed by atoms with E-state index >= 15 is 0 Å². The van der Waals surface area contributed by atoms with E-state index in [1.54, 1.807) is 24.3 Å². The number of carbonyl (C=O) groups excluding carboxylic acids is 1. The van der Waals surface area contributed by atoms with Gasteiger partial charge in [-0.1, -0.05) is 23.7 Å². The third-order valence-electron chi connectivity index (χ3n) is 4.01. The fourth-order valence-electron chi connectivity index (χ4n) is 2.47. The Hall–Kier alpha value is -2.60. The van der Waals surface area contributed by atoms with Gasteiger partial charge in [-0.3, -0.25) is 14.9 Å². The van der Waals surface area contributed by atoms with Gasteiger partial charge in [-0.25, -0.2) is 0 Å². The molecule has 0 saturated heterocycles. The Morgan fingerprint density at radius 1 is 1.20 bits per heavy atom. The van der Waals surface area contributed by atoms with Crippen molar-refractivity contribution in [2.24, 2.45) is 0 Å². The van der Waals surface area contributed by atoms with E-state index in [1.807, 2.05) is 12.1 Å². The van der Waals surface area contributed by atoms with E-state index in [4.69, 9.17) is 11.6 Å². The minimum absolute atomic E-state index is 0.0720. The van der Waals surface area contributed by atoms with Crippen molar-refractivity contribution in [3.63, 3.8) is 0 Å². The van der Waals surface area contributed by atoms with E-state index in [0.717, 1.165) is 18.4 Å². The SMILES string of the molecule is O=C(NCCc1ccc(Cl)cc1)c1ccc(NC2CC2)c([N+](=O)[O-])c1. The Morgan fingerprint density at radius 3 is 2.56 bits per heavy atom. The molecule has 1 aliphatic rings. The summed E-state index contributed by atoms with van der Waals surface area (Å²) in [5.41, 5.74) is 1.73. The Morgan fingerprint density at radius 2 is 1.92 bits per heavy atom. The zero-order valence-corrected chi connectivity index (χ0v) is 14.3. The lowest BCUT2D eigenvalue weighted by molar-refractivity contribution is -0.384. The fraction of sp³-hybridized carbons (Fsp3) is 0.278. The summed E-state index contributed by atoms with van der Waals surface area (Å²) < 4.78 is 0. The summed E-state index contributed by atoms with van der Waals surface area (Å²) in [6.07, 6.45) is 2.69. The van der Waals surface area contributed by atoms with Crippen LogP contribution in [0.4, 0.5) is 11.4 Å². The van der Waals surface area contributed by atoms with E-state index in [2.05, 4.69) is 10.6 Å². The number of hydrogen-bond donors (Lipinski definition) is 2. The third kappa shape index (κ3) is 4.70. The third-order valence-corrected chi connectivity index (χ3v) is 4.26. The maximum absolute atomic E-state index is 12.2. The summed E-state index contributed by atoms with van der Waals surface area (Å²) in [7, 11) is 0. The number of nitro groups is 1. The van der Waals surface area contributed by atoms with Crippen LogP contribution in [0.5, 0.6) is 0 Å². The van der Waals surface area contributed by atoms with Gasteiger partial charge < -0.3 is 10.6 Å². The molecule has 0 atom stereocenters. The second-order valence-corrected chi connectivity index (χ2v) is 6.48. The van der Waals surface area contributed by atoms with E-state index in [0.29, 0.717) is 29.7 Å². The summed E-state index contributed by atoms with van der Waals surface area (Å²) in [4.78, 5) is 23.0. The molecular weight excluding hydrogens is 342 g/mol. The van der Waals surface area contributed by atoms with Gasteiger partial charge in [0, 0.05) is 29.2 Å².